The van der Waals surface area contributed by atoms with Gasteiger partial charge >= 0.3 is 5.97 Å². The van der Waals surface area contributed by atoms with Gasteiger partial charge in [0.15, 0.2) is 0 Å². The first-order valence-electron chi connectivity index (χ1n) is 11.2. The number of carbonyl (C=O) groups excluding carboxylic acids is 6. The third-order valence-corrected chi connectivity index (χ3v) is 5.56. The van der Waals surface area contributed by atoms with E-state index < -0.39 is 47.6 Å². The molecule has 0 spiro atoms. The van der Waals surface area contributed by atoms with Crippen LogP contribution in [0.2, 0.25) is 0 Å². The number of unbranched alkanes of at least 4 members (excludes halogenated alkanes) is 2. The fourth-order valence-electron chi connectivity index (χ4n) is 3.74. The van der Waals surface area contributed by atoms with Gasteiger partial charge in [-0.2, -0.15) is 5.01 Å². The summed E-state index contributed by atoms with van der Waals surface area (Å²) in [7, 11) is 0. The first-order valence-corrected chi connectivity index (χ1v) is 11.2. The largest absolute Gasteiger partial charge is 0.480 e. The van der Waals surface area contributed by atoms with Crippen molar-refractivity contribution in [2.75, 3.05) is 6.54 Å². The number of nitrogens with zero attached hydrogens (tertiary/aromatic N) is 3. The minimum atomic E-state index is -1.27. The van der Waals surface area contributed by atoms with Crippen molar-refractivity contribution in [1.29, 1.82) is 0 Å². The Morgan fingerprint density at radius 3 is 2.03 bits per heavy atom. The quantitative estimate of drug-likeness (QED) is 0.292. The lowest BCUT2D eigenvalue weighted by Crippen LogP contribution is -2.61. The fraction of sp³-hybridized carbons (Fsp3) is 0.591. The summed E-state index contributed by atoms with van der Waals surface area (Å²) in [6.45, 7) is 4.72. The van der Waals surface area contributed by atoms with Crippen LogP contribution in [0.5, 0.6) is 0 Å². The Morgan fingerprint density at radius 1 is 0.971 bits per heavy atom. The summed E-state index contributed by atoms with van der Waals surface area (Å²) in [4.78, 5) is 86.3. The van der Waals surface area contributed by atoms with Crippen LogP contribution in [-0.4, -0.2) is 80.1 Å². The van der Waals surface area contributed by atoms with Crippen LogP contribution in [0.25, 0.3) is 0 Å². The third kappa shape index (κ3) is 6.27. The Labute approximate surface area is 196 Å². The molecule has 0 radical (unpaired) electrons. The molecule has 2 N–H and O–H groups in total. The van der Waals surface area contributed by atoms with Crippen molar-refractivity contribution < 1.29 is 38.7 Å². The number of carbonyl (C=O) groups is 7. The van der Waals surface area contributed by atoms with Gasteiger partial charge in [-0.25, -0.2) is 5.01 Å². The maximum absolute atomic E-state index is 13.2. The van der Waals surface area contributed by atoms with Gasteiger partial charge < -0.3 is 10.4 Å². The molecule has 2 rings (SSSR count). The lowest BCUT2D eigenvalue weighted by Gasteiger charge is -2.38. The molecule has 186 valence electrons. The number of nitrogens with one attached hydrogen (secondary N) is 1. The van der Waals surface area contributed by atoms with Crippen molar-refractivity contribution in [2.45, 2.75) is 71.4 Å². The number of hydrogen-bond donors (Lipinski definition) is 2. The van der Waals surface area contributed by atoms with Gasteiger partial charge in [0.1, 0.15) is 12.1 Å². The number of hydrogen-bond acceptors (Lipinski definition) is 7. The zero-order chi connectivity index (χ0) is 25.6. The normalized spacial score (nSPS) is 17.5. The van der Waals surface area contributed by atoms with E-state index in [1.54, 1.807) is 13.8 Å². The highest BCUT2D eigenvalue weighted by Crippen LogP contribution is 2.23. The van der Waals surface area contributed by atoms with Crippen molar-refractivity contribution in [1.82, 2.24) is 20.2 Å². The molecule has 0 aromatic carbocycles. The number of hydrazine groups is 1. The Bertz CT molecular complexity index is 879. The molecule has 0 bridgehead atoms. The maximum atomic E-state index is 13.2. The molecule has 12 nitrogen and oxygen atoms in total. The Morgan fingerprint density at radius 2 is 1.53 bits per heavy atom. The van der Waals surface area contributed by atoms with E-state index in [0.717, 1.165) is 9.91 Å². The summed E-state index contributed by atoms with van der Waals surface area (Å²) in [6.07, 6.45) is 3.37. The average Bonchev–Trinajstić information content (AvgIpc) is 3.25. The summed E-state index contributed by atoms with van der Waals surface area (Å²) < 4.78 is 0. The molecule has 12 heteroatoms. The number of carboxylic acids is 1. The van der Waals surface area contributed by atoms with Crippen molar-refractivity contribution >= 4 is 41.4 Å². The van der Waals surface area contributed by atoms with Crippen LogP contribution in [0, 0.1) is 5.92 Å². The fourth-order valence-corrected chi connectivity index (χ4v) is 3.74. The molecule has 0 aromatic heterocycles. The number of amides is 6. The second-order valence-electron chi connectivity index (χ2n) is 8.57. The van der Waals surface area contributed by atoms with Crippen molar-refractivity contribution in [3.63, 3.8) is 0 Å². The lowest BCUT2D eigenvalue weighted by atomic mass is 10.0. The Balaban J connectivity index is 2.10. The molecule has 6 amide bonds. The molecule has 2 aliphatic heterocycles. The van der Waals surface area contributed by atoms with Crippen LogP contribution in [0.1, 0.15) is 59.3 Å². The predicted octanol–water partition coefficient (Wildman–Crippen LogP) is -0.0217. The molecule has 2 heterocycles. The molecule has 0 aromatic rings. The van der Waals surface area contributed by atoms with Gasteiger partial charge in [0.05, 0.1) is 0 Å². The number of imide groups is 2. The average molecular weight is 479 g/mol. The molecule has 1 saturated heterocycles. The van der Waals surface area contributed by atoms with Crippen LogP contribution in [0.15, 0.2) is 12.2 Å². The van der Waals surface area contributed by atoms with Gasteiger partial charge in [-0.15, -0.1) is 0 Å². The van der Waals surface area contributed by atoms with E-state index in [-0.39, 0.29) is 37.6 Å². The predicted molar refractivity (Wildman–Crippen MR) is 116 cm³/mol. The van der Waals surface area contributed by atoms with Gasteiger partial charge in [0.25, 0.3) is 11.8 Å². The topological polar surface area (TPSA) is 161 Å². The monoisotopic (exact) mass is 478 g/mol. The molecule has 2 aliphatic rings. The molecule has 2 atom stereocenters. The molecule has 2 unspecified atom stereocenters. The lowest BCUT2D eigenvalue weighted by molar-refractivity contribution is -0.177. The van der Waals surface area contributed by atoms with Crippen molar-refractivity contribution in [3.8, 4) is 0 Å². The smallest absolute Gasteiger partial charge is 0.325 e. The van der Waals surface area contributed by atoms with E-state index in [1.807, 2.05) is 0 Å². The third-order valence-electron chi connectivity index (χ3n) is 5.56. The number of aliphatic carboxylic acids is 1. The highest BCUT2D eigenvalue weighted by molar-refractivity contribution is 6.12. The van der Waals surface area contributed by atoms with Crippen LogP contribution >= 0.6 is 0 Å². The van der Waals surface area contributed by atoms with Crippen LogP contribution in [0.3, 0.4) is 0 Å². The van der Waals surface area contributed by atoms with E-state index in [9.17, 15) is 33.6 Å². The van der Waals surface area contributed by atoms with E-state index >= 15 is 0 Å². The van der Waals surface area contributed by atoms with Gasteiger partial charge in [0.2, 0.25) is 23.6 Å². The second kappa shape index (κ2) is 11.5. The first kappa shape index (κ1) is 26.7. The van der Waals surface area contributed by atoms with Crippen LogP contribution < -0.4 is 5.32 Å². The Hall–Kier alpha value is -3.57. The van der Waals surface area contributed by atoms with Gasteiger partial charge in [-0.3, -0.25) is 38.5 Å². The van der Waals surface area contributed by atoms with Crippen molar-refractivity contribution in [3.05, 3.63) is 12.2 Å². The second-order valence-corrected chi connectivity index (χ2v) is 8.57. The van der Waals surface area contributed by atoms with E-state index in [4.69, 9.17) is 5.11 Å². The molecular formula is C22H30N4O8. The first-order chi connectivity index (χ1) is 16.0. The zero-order valence-electron chi connectivity index (χ0n) is 19.5. The molecule has 34 heavy (non-hydrogen) atoms. The van der Waals surface area contributed by atoms with Gasteiger partial charge in [-0.1, -0.05) is 20.3 Å². The van der Waals surface area contributed by atoms with E-state index in [2.05, 4.69) is 5.32 Å². The van der Waals surface area contributed by atoms with Gasteiger partial charge in [-0.05, 0) is 25.7 Å². The minimum absolute atomic E-state index is 0.0908. The highest BCUT2D eigenvalue weighted by Gasteiger charge is 2.44. The molecule has 0 saturated carbocycles. The molecule has 0 aliphatic carbocycles. The van der Waals surface area contributed by atoms with E-state index in [0.29, 0.717) is 24.3 Å². The summed E-state index contributed by atoms with van der Waals surface area (Å²) in [6, 6.07) is -2.51. The van der Waals surface area contributed by atoms with Crippen molar-refractivity contribution in [2.24, 2.45) is 5.92 Å². The SMILES string of the molecule is CC(NC(=O)C(C(C)C)N(C(=O)CCCCCN1C(=O)C=CC1=O)N1C(=O)CCC1=O)C(=O)O. The highest BCUT2D eigenvalue weighted by atomic mass is 16.4. The molecule has 1 fully saturated rings. The Kier molecular flexibility index (Phi) is 9.04. The number of rotatable bonds is 12. The van der Waals surface area contributed by atoms with Gasteiger partial charge in [0, 0.05) is 38.0 Å². The van der Waals surface area contributed by atoms with E-state index in [1.165, 1.54) is 19.1 Å². The minimum Gasteiger partial charge on any atom is -0.480 e. The summed E-state index contributed by atoms with van der Waals surface area (Å²) in [5, 5.41) is 13.0. The summed E-state index contributed by atoms with van der Waals surface area (Å²) in [5.41, 5.74) is 0. The molecular weight excluding hydrogens is 448 g/mol. The standard InChI is InChI=1S/C22H30N4O8/c1-13(2)20(21(32)23-14(3)22(33)34)26(25-18(30)10-11-19(25)31)17(29)7-5-4-6-12-24-15(27)8-9-16(24)28/h8-9,13-14,20H,4-7,10-12H2,1-3H3,(H,23,32)(H,33,34). The summed E-state index contributed by atoms with van der Waals surface area (Å²) in [5.74, 6) is -5.22. The number of carboxylic acid groups (broad SMARTS) is 1. The maximum Gasteiger partial charge on any atom is 0.325 e. The zero-order valence-corrected chi connectivity index (χ0v) is 19.5. The summed E-state index contributed by atoms with van der Waals surface area (Å²) >= 11 is 0. The van der Waals surface area contributed by atoms with Crippen LogP contribution in [0.4, 0.5) is 0 Å². The van der Waals surface area contributed by atoms with Crippen LogP contribution in [-0.2, 0) is 33.6 Å².